The molecule has 1 N–H and O–H groups in total. The van der Waals surface area contributed by atoms with Crippen molar-refractivity contribution < 1.29 is 0 Å². The van der Waals surface area contributed by atoms with Gasteiger partial charge in [0.05, 0.1) is 0 Å². The van der Waals surface area contributed by atoms with Gasteiger partial charge in [-0.05, 0) is 61.3 Å². The van der Waals surface area contributed by atoms with Gasteiger partial charge in [-0.25, -0.2) is 0 Å². The molecule has 0 heterocycles. The van der Waals surface area contributed by atoms with E-state index >= 15 is 0 Å². The second-order valence-corrected chi connectivity index (χ2v) is 7.29. The molecule has 0 aliphatic heterocycles. The van der Waals surface area contributed by atoms with Gasteiger partial charge >= 0.3 is 0 Å². The van der Waals surface area contributed by atoms with Crippen LogP contribution in [-0.2, 0) is 0 Å². The van der Waals surface area contributed by atoms with Crippen LogP contribution in [0.15, 0.2) is 0 Å². The number of hydrogen-bond acceptors (Lipinski definition) is 1. The van der Waals surface area contributed by atoms with Crippen LogP contribution in [0.1, 0.15) is 53.4 Å². The first-order valence-corrected chi connectivity index (χ1v) is 7.21. The van der Waals surface area contributed by atoms with Crippen molar-refractivity contribution in [1.29, 1.82) is 0 Å². The molecule has 16 heavy (non-hydrogen) atoms. The first-order valence-electron chi connectivity index (χ1n) is 7.21. The molecule has 2 aliphatic rings. The normalized spacial score (nSPS) is 37.1. The zero-order valence-electron chi connectivity index (χ0n) is 11.6. The highest BCUT2D eigenvalue weighted by Crippen LogP contribution is 2.61. The Hall–Kier alpha value is -0.0400. The van der Waals surface area contributed by atoms with E-state index in [9.17, 15) is 0 Å². The monoisotopic (exact) mass is 223 g/mol. The van der Waals surface area contributed by atoms with Crippen LogP contribution in [0.5, 0.6) is 0 Å². The molecule has 0 bridgehead atoms. The van der Waals surface area contributed by atoms with Gasteiger partial charge in [0.15, 0.2) is 0 Å². The molecule has 2 rings (SSSR count). The van der Waals surface area contributed by atoms with Crippen molar-refractivity contribution in [3.8, 4) is 0 Å². The van der Waals surface area contributed by atoms with Gasteiger partial charge < -0.3 is 5.32 Å². The van der Waals surface area contributed by atoms with Crippen molar-refractivity contribution in [2.45, 2.75) is 53.4 Å². The zero-order chi connectivity index (χ0) is 11.8. The Labute approximate surface area is 101 Å². The van der Waals surface area contributed by atoms with Gasteiger partial charge in [-0.15, -0.1) is 0 Å². The van der Waals surface area contributed by atoms with E-state index in [1.807, 2.05) is 0 Å². The maximum Gasteiger partial charge on any atom is 0.000822 e. The fourth-order valence-corrected chi connectivity index (χ4v) is 3.88. The summed E-state index contributed by atoms with van der Waals surface area (Å²) in [5.41, 5.74) is 0.663. The average molecular weight is 223 g/mol. The summed E-state index contributed by atoms with van der Waals surface area (Å²) in [4.78, 5) is 0. The second kappa shape index (κ2) is 4.68. The lowest BCUT2D eigenvalue weighted by molar-refractivity contribution is 0.199. The summed E-state index contributed by atoms with van der Waals surface area (Å²) in [6.45, 7) is 11.8. The SMILES string of the molecule is CC(C)CNCC1(CC(C)C)CC2CC2C1. The summed E-state index contributed by atoms with van der Waals surface area (Å²) in [5.74, 6) is 3.87. The molecule has 2 saturated carbocycles. The predicted octanol–water partition coefficient (Wildman–Crippen LogP) is 3.69. The van der Waals surface area contributed by atoms with Crippen molar-refractivity contribution in [3.63, 3.8) is 0 Å². The lowest BCUT2D eigenvalue weighted by atomic mass is 9.76. The maximum absolute atomic E-state index is 3.71. The Morgan fingerprint density at radius 1 is 1.06 bits per heavy atom. The van der Waals surface area contributed by atoms with Crippen molar-refractivity contribution >= 4 is 0 Å². The van der Waals surface area contributed by atoms with E-state index in [0.717, 1.165) is 23.7 Å². The van der Waals surface area contributed by atoms with Gasteiger partial charge in [0.25, 0.3) is 0 Å². The first kappa shape index (κ1) is 12.4. The minimum Gasteiger partial charge on any atom is -0.316 e. The molecule has 0 saturated heterocycles. The van der Waals surface area contributed by atoms with E-state index < -0.39 is 0 Å². The standard InChI is InChI=1S/C15H29N/c1-11(2)6-15(10-16-9-12(3)4)7-13-5-14(13)8-15/h11-14,16H,5-10H2,1-4H3. The summed E-state index contributed by atoms with van der Waals surface area (Å²) in [7, 11) is 0. The van der Waals surface area contributed by atoms with Crippen molar-refractivity contribution in [2.24, 2.45) is 29.1 Å². The Morgan fingerprint density at radius 3 is 2.19 bits per heavy atom. The molecule has 2 unspecified atom stereocenters. The van der Waals surface area contributed by atoms with Crippen LogP contribution < -0.4 is 5.32 Å². The highest BCUT2D eigenvalue weighted by molar-refractivity contribution is 5.04. The van der Waals surface area contributed by atoms with Gasteiger partial charge in [0, 0.05) is 6.54 Å². The zero-order valence-corrected chi connectivity index (χ0v) is 11.6. The molecule has 0 amide bonds. The lowest BCUT2D eigenvalue weighted by Gasteiger charge is -2.33. The van der Waals surface area contributed by atoms with Gasteiger partial charge in [-0.2, -0.15) is 0 Å². The maximum atomic E-state index is 3.71. The van der Waals surface area contributed by atoms with Gasteiger partial charge in [-0.1, -0.05) is 27.7 Å². The number of fused-ring (bicyclic) bond motifs is 1. The Bertz CT molecular complexity index is 222. The van der Waals surface area contributed by atoms with E-state index in [-0.39, 0.29) is 0 Å². The van der Waals surface area contributed by atoms with E-state index in [0.29, 0.717) is 5.41 Å². The molecule has 0 aromatic heterocycles. The van der Waals surface area contributed by atoms with E-state index in [1.165, 1.54) is 32.4 Å². The number of nitrogens with one attached hydrogen (secondary N) is 1. The summed E-state index contributed by atoms with van der Waals surface area (Å²) >= 11 is 0. The van der Waals surface area contributed by atoms with Crippen LogP contribution in [0.3, 0.4) is 0 Å². The molecule has 0 aromatic rings. The highest BCUT2D eigenvalue weighted by atomic mass is 14.9. The third kappa shape index (κ3) is 3.00. The van der Waals surface area contributed by atoms with Crippen LogP contribution in [-0.4, -0.2) is 13.1 Å². The molecule has 1 heteroatoms. The first-order chi connectivity index (χ1) is 7.51. The summed E-state index contributed by atoms with van der Waals surface area (Å²) in [5, 5.41) is 3.71. The fraction of sp³-hybridized carbons (Fsp3) is 1.00. The largest absolute Gasteiger partial charge is 0.316 e. The molecule has 0 aromatic carbocycles. The molecule has 2 fully saturated rings. The van der Waals surface area contributed by atoms with Gasteiger partial charge in [0.2, 0.25) is 0 Å². The Morgan fingerprint density at radius 2 is 1.69 bits per heavy atom. The molecule has 94 valence electrons. The van der Waals surface area contributed by atoms with E-state index in [4.69, 9.17) is 0 Å². The molecular formula is C15H29N. The second-order valence-electron chi connectivity index (χ2n) is 7.29. The fourth-order valence-electron chi connectivity index (χ4n) is 3.88. The van der Waals surface area contributed by atoms with Crippen molar-refractivity contribution in [1.82, 2.24) is 5.32 Å². The molecular weight excluding hydrogens is 194 g/mol. The minimum absolute atomic E-state index is 0.663. The summed E-state index contributed by atoms with van der Waals surface area (Å²) < 4.78 is 0. The summed E-state index contributed by atoms with van der Waals surface area (Å²) in [6, 6.07) is 0. The highest BCUT2D eigenvalue weighted by Gasteiger charge is 2.53. The van der Waals surface area contributed by atoms with Crippen LogP contribution >= 0.6 is 0 Å². The van der Waals surface area contributed by atoms with Crippen molar-refractivity contribution in [3.05, 3.63) is 0 Å². The third-order valence-corrected chi connectivity index (χ3v) is 4.35. The van der Waals surface area contributed by atoms with Crippen LogP contribution in [0.4, 0.5) is 0 Å². The average Bonchev–Trinajstić information content (AvgIpc) is 2.72. The molecule has 0 radical (unpaired) electrons. The summed E-state index contributed by atoms with van der Waals surface area (Å²) in [6.07, 6.45) is 6.01. The van der Waals surface area contributed by atoms with Crippen LogP contribution in [0.2, 0.25) is 0 Å². The molecule has 2 atom stereocenters. The van der Waals surface area contributed by atoms with Crippen LogP contribution in [0.25, 0.3) is 0 Å². The Kier molecular flexibility index (Phi) is 3.63. The molecule has 2 aliphatic carbocycles. The van der Waals surface area contributed by atoms with E-state index in [2.05, 4.69) is 33.0 Å². The number of hydrogen-bond donors (Lipinski definition) is 1. The number of rotatable bonds is 6. The van der Waals surface area contributed by atoms with Crippen molar-refractivity contribution in [2.75, 3.05) is 13.1 Å². The predicted molar refractivity (Wildman–Crippen MR) is 70.4 cm³/mol. The van der Waals surface area contributed by atoms with Gasteiger partial charge in [0.1, 0.15) is 0 Å². The smallest absolute Gasteiger partial charge is 0.000822 e. The molecule has 0 spiro atoms. The third-order valence-electron chi connectivity index (χ3n) is 4.35. The van der Waals surface area contributed by atoms with Gasteiger partial charge in [-0.3, -0.25) is 0 Å². The minimum atomic E-state index is 0.663. The molecule has 1 nitrogen and oxygen atoms in total. The topological polar surface area (TPSA) is 12.0 Å². The lowest BCUT2D eigenvalue weighted by Crippen LogP contribution is -2.36. The van der Waals surface area contributed by atoms with E-state index in [1.54, 1.807) is 6.42 Å². The quantitative estimate of drug-likeness (QED) is 0.724. The van der Waals surface area contributed by atoms with Crippen LogP contribution in [0, 0.1) is 29.1 Å². The Balaban J connectivity index is 1.83.